The van der Waals surface area contributed by atoms with Crippen molar-refractivity contribution in [3.05, 3.63) is 22.9 Å². The summed E-state index contributed by atoms with van der Waals surface area (Å²) in [7, 11) is -3.86. The van der Waals surface area contributed by atoms with Gasteiger partial charge in [-0.2, -0.15) is 19.8 Å². The van der Waals surface area contributed by atoms with E-state index in [9.17, 15) is 8.42 Å². The molecule has 0 N–H and O–H groups in total. The van der Waals surface area contributed by atoms with Crippen LogP contribution in [0.25, 0.3) is 0 Å². The molecule has 0 aromatic carbocycles. The van der Waals surface area contributed by atoms with Gasteiger partial charge in [-0.3, -0.25) is 0 Å². The molecule has 8 heteroatoms. The highest BCUT2D eigenvalue weighted by Gasteiger charge is 1.98. The molecule has 1 rings (SSSR count). The Morgan fingerprint density at radius 2 is 1.50 bits per heavy atom. The van der Waals surface area contributed by atoms with Crippen molar-refractivity contribution in [3.8, 4) is 0 Å². The predicted molar refractivity (Wildman–Crippen MR) is 63.3 cm³/mol. The predicted octanol–water partition coefficient (Wildman–Crippen LogP) is 2.18. The summed E-state index contributed by atoms with van der Waals surface area (Å²) in [6, 6.07) is 4.04. The van der Waals surface area contributed by atoms with Crippen LogP contribution in [0.15, 0.2) is 31.7 Å². The first-order valence-electron chi connectivity index (χ1n) is 3.03. The lowest BCUT2D eigenvalue weighted by molar-refractivity contribution is 0.600. The van der Waals surface area contributed by atoms with E-state index in [2.05, 4.69) is 33.2 Å². The molecule has 1 aromatic heterocycles. The monoisotopic (exact) mass is 264 g/mol. The van der Waals surface area contributed by atoms with Gasteiger partial charge in [0.1, 0.15) is 0 Å². The van der Waals surface area contributed by atoms with Crippen molar-refractivity contribution < 1.29 is 8.42 Å². The Bertz CT molecular complexity index is 397. The molecule has 1 aromatic rings. The molecule has 0 radical (unpaired) electrons. The SMILES string of the molecule is O=S(=O)(N=C=S)N=C=S.c1ccsc1. The second-order valence-corrected chi connectivity index (χ2v) is 4.05. The highest BCUT2D eigenvalue weighted by Crippen LogP contribution is 1.91. The van der Waals surface area contributed by atoms with E-state index in [1.165, 1.54) is 0 Å². The first-order chi connectivity index (χ1) is 6.62. The van der Waals surface area contributed by atoms with Gasteiger partial charge in [0, 0.05) is 0 Å². The number of rotatable bonds is 2. The third-order valence-electron chi connectivity index (χ3n) is 0.731. The Balaban J connectivity index is 0.000000280. The molecule has 0 atom stereocenters. The minimum Gasteiger partial charge on any atom is -0.178 e. The first kappa shape index (κ1) is 13.2. The Hall–Kier alpha value is -0.750. The van der Waals surface area contributed by atoms with Crippen molar-refractivity contribution in [1.29, 1.82) is 0 Å². The molecule has 0 saturated carbocycles. The van der Waals surface area contributed by atoms with E-state index in [-0.39, 0.29) is 0 Å². The topological polar surface area (TPSA) is 58.9 Å². The Labute approximate surface area is 96.2 Å². The molecule has 0 aliphatic rings. The maximum atomic E-state index is 10.2. The molecule has 0 saturated heterocycles. The molecule has 0 aliphatic carbocycles. The van der Waals surface area contributed by atoms with E-state index in [1.807, 2.05) is 22.9 Å². The Kier molecular flexibility index (Phi) is 7.23. The Morgan fingerprint density at radius 3 is 1.71 bits per heavy atom. The zero-order valence-electron chi connectivity index (χ0n) is 6.65. The quantitative estimate of drug-likeness (QED) is 0.607. The average Bonchev–Trinajstić information content (AvgIpc) is 2.59. The minimum absolute atomic E-state index is 1.63. The summed E-state index contributed by atoms with van der Waals surface area (Å²) in [5.74, 6) is 0. The third-order valence-corrected chi connectivity index (χ3v) is 2.42. The van der Waals surface area contributed by atoms with Gasteiger partial charge in [0.25, 0.3) is 0 Å². The number of thiophene rings is 1. The van der Waals surface area contributed by atoms with Crippen LogP contribution in [0.2, 0.25) is 0 Å². The minimum atomic E-state index is -3.86. The van der Waals surface area contributed by atoms with Crippen LogP contribution >= 0.6 is 35.8 Å². The number of hydrogen-bond donors (Lipinski definition) is 0. The summed E-state index contributed by atoms with van der Waals surface area (Å²) in [6.45, 7) is 0. The van der Waals surface area contributed by atoms with Gasteiger partial charge in [-0.1, -0.05) is 20.9 Å². The van der Waals surface area contributed by atoms with E-state index < -0.39 is 10.2 Å². The summed E-state index contributed by atoms with van der Waals surface area (Å²) in [4.78, 5) is 0. The summed E-state index contributed by atoms with van der Waals surface area (Å²) in [5.41, 5.74) is 0. The van der Waals surface area contributed by atoms with Gasteiger partial charge in [-0.15, -0.1) is 0 Å². The maximum Gasteiger partial charge on any atom is 0.379 e. The fraction of sp³-hybridized carbons (Fsp3) is 0. The molecule has 0 unspecified atom stereocenters. The van der Waals surface area contributed by atoms with Gasteiger partial charge in [0.2, 0.25) is 0 Å². The highest BCUT2D eigenvalue weighted by atomic mass is 32.2. The molecule has 0 bridgehead atoms. The number of hydrogen-bond acceptors (Lipinski definition) is 5. The van der Waals surface area contributed by atoms with Crippen LogP contribution in [0, 0.1) is 0 Å². The summed E-state index contributed by atoms with van der Waals surface area (Å²) < 4.78 is 25.9. The fourth-order valence-corrected chi connectivity index (χ4v) is 1.59. The normalized spacial score (nSPS) is 8.57. The van der Waals surface area contributed by atoms with Gasteiger partial charge in [-0.25, -0.2) is 0 Å². The second-order valence-electron chi connectivity index (χ2n) is 1.61. The summed E-state index contributed by atoms with van der Waals surface area (Å²) in [5, 5.41) is 7.35. The van der Waals surface area contributed by atoms with Gasteiger partial charge in [-0.05, 0) is 35.2 Å². The molecular formula is C6H4N2O2S4. The molecule has 0 amide bonds. The zero-order chi connectivity index (χ0) is 10.9. The van der Waals surface area contributed by atoms with Crippen LogP contribution < -0.4 is 0 Å². The van der Waals surface area contributed by atoms with Crippen molar-refractivity contribution in [2.24, 2.45) is 8.80 Å². The van der Waals surface area contributed by atoms with Crippen molar-refractivity contribution >= 4 is 56.3 Å². The Morgan fingerprint density at radius 1 is 1.07 bits per heavy atom. The average molecular weight is 264 g/mol. The van der Waals surface area contributed by atoms with Crippen LogP contribution in [-0.4, -0.2) is 18.7 Å². The smallest absolute Gasteiger partial charge is 0.178 e. The number of thiocarbonyl (C=S) groups is 2. The number of nitrogens with zero attached hydrogens (tertiary/aromatic N) is 2. The molecule has 0 fully saturated rings. The lowest BCUT2D eigenvalue weighted by Crippen LogP contribution is -1.85. The maximum absolute atomic E-state index is 10.2. The van der Waals surface area contributed by atoms with Crippen molar-refractivity contribution in [1.82, 2.24) is 0 Å². The van der Waals surface area contributed by atoms with E-state index in [0.717, 1.165) is 0 Å². The molecule has 0 aliphatic heterocycles. The molecule has 0 spiro atoms. The van der Waals surface area contributed by atoms with Crippen LogP contribution in [0.5, 0.6) is 0 Å². The molecule has 4 nitrogen and oxygen atoms in total. The van der Waals surface area contributed by atoms with Crippen LogP contribution in [0.3, 0.4) is 0 Å². The van der Waals surface area contributed by atoms with Crippen LogP contribution in [0.1, 0.15) is 0 Å². The third kappa shape index (κ3) is 7.88. The molecule has 1 heterocycles. The first-order valence-corrected chi connectivity index (χ1v) is 6.18. The molecular weight excluding hydrogens is 260 g/mol. The largest absolute Gasteiger partial charge is 0.379 e. The van der Waals surface area contributed by atoms with E-state index in [4.69, 9.17) is 0 Å². The van der Waals surface area contributed by atoms with Gasteiger partial charge in [0.05, 0.1) is 10.3 Å². The van der Waals surface area contributed by atoms with Gasteiger partial charge < -0.3 is 0 Å². The molecule has 14 heavy (non-hydrogen) atoms. The standard InChI is InChI=1S/C4H4S.C2N2O2S3/c1-2-4-5-3-1;5-9(6,3-1-7)4-2-8/h1-4H;. The van der Waals surface area contributed by atoms with E-state index in [1.54, 1.807) is 21.7 Å². The van der Waals surface area contributed by atoms with Crippen LogP contribution in [0.4, 0.5) is 0 Å². The lowest BCUT2D eigenvalue weighted by atomic mass is 10.7. The summed E-state index contributed by atoms with van der Waals surface area (Å²) in [6.07, 6.45) is 0. The van der Waals surface area contributed by atoms with E-state index >= 15 is 0 Å². The van der Waals surface area contributed by atoms with Gasteiger partial charge in [0.15, 0.2) is 0 Å². The summed E-state index contributed by atoms with van der Waals surface area (Å²) >= 11 is 9.71. The zero-order valence-corrected chi connectivity index (χ0v) is 9.92. The van der Waals surface area contributed by atoms with Crippen molar-refractivity contribution in [2.45, 2.75) is 0 Å². The van der Waals surface area contributed by atoms with E-state index in [0.29, 0.717) is 0 Å². The van der Waals surface area contributed by atoms with Crippen molar-refractivity contribution in [2.75, 3.05) is 0 Å². The lowest BCUT2D eigenvalue weighted by Gasteiger charge is -1.75. The van der Waals surface area contributed by atoms with Crippen LogP contribution in [-0.2, 0) is 10.2 Å². The molecule has 74 valence electrons. The highest BCUT2D eigenvalue weighted by molar-refractivity contribution is 7.90. The second kappa shape index (κ2) is 7.64. The number of isothiocyanates is 2. The van der Waals surface area contributed by atoms with Gasteiger partial charge >= 0.3 is 10.2 Å². The fourth-order valence-electron chi connectivity index (χ4n) is 0.341. The van der Waals surface area contributed by atoms with Crippen molar-refractivity contribution in [3.63, 3.8) is 0 Å².